The number of furan rings is 1. The van der Waals surface area contributed by atoms with E-state index in [-0.39, 0.29) is 23.8 Å². The molecular weight excluding hydrogens is 494 g/mol. The number of nitrogens with one attached hydrogen (secondary N) is 1. The Bertz CT molecular complexity index is 1480. The molecule has 39 heavy (non-hydrogen) atoms. The van der Waals surface area contributed by atoms with E-state index < -0.39 is 11.9 Å². The summed E-state index contributed by atoms with van der Waals surface area (Å²) in [6, 6.07) is 15.7. The van der Waals surface area contributed by atoms with E-state index in [4.69, 9.17) is 9.15 Å². The molecule has 0 saturated carbocycles. The molecule has 0 aliphatic carbocycles. The number of rotatable bonds is 6. The highest BCUT2D eigenvalue weighted by molar-refractivity contribution is 5.96. The molecule has 2 unspecified atom stereocenters. The fraction of sp³-hybridized carbons (Fsp3) is 0.333. The van der Waals surface area contributed by atoms with Gasteiger partial charge in [-0.1, -0.05) is 53.2 Å². The number of fused-ring (bicyclic) bond motifs is 1. The second-order valence-corrected chi connectivity index (χ2v) is 10.3. The minimum atomic E-state index is -0.854. The van der Waals surface area contributed by atoms with Crippen LogP contribution < -0.4 is 10.1 Å². The van der Waals surface area contributed by atoms with Crippen molar-refractivity contribution >= 4 is 11.8 Å². The topological polar surface area (TPSA) is 102 Å². The average molecular weight is 526 g/mol. The van der Waals surface area contributed by atoms with Crippen molar-refractivity contribution in [2.45, 2.75) is 51.2 Å². The molecule has 0 radical (unpaired) electrons. The maximum atomic E-state index is 14.0. The summed E-state index contributed by atoms with van der Waals surface area (Å²) in [5, 5.41) is 11.9. The summed E-state index contributed by atoms with van der Waals surface area (Å²) in [7, 11) is 0. The first-order valence-corrected chi connectivity index (χ1v) is 13.3. The summed E-state index contributed by atoms with van der Waals surface area (Å²) in [6.45, 7) is 5.34. The lowest BCUT2D eigenvalue weighted by Crippen LogP contribution is -2.42. The number of carbonyl (C=O) groups is 2. The van der Waals surface area contributed by atoms with Crippen molar-refractivity contribution < 1.29 is 18.7 Å². The summed E-state index contributed by atoms with van der Waals surface area (Å²) in [4.78, 5) is 28.7. The number of hydrogen-bond donors (Lipinski definition) is 1. The van der Waals surface area contributed by atoms with Gasteiger partial charge in [-0.05, 0) is 49.9 Å². The molecule has 2 aromatic carbocycles. The molecule has 4 heterocycles. The lowest BCUT2D eigenvalue weighted by atomic mass is 9.96. The van der Waals surface area contributed by atoms with Crippen molar-refractivity contribution in [2.24, 2.45) is 0 Å². The Balaban J connectivity index is 1.27. The Labute approximate surface area is 226 Å². The Morgan fingerprint density at radius 3 is 2.69 bits per heavy atom. The third kappa shape index (κ3) is 4.80. The van der Waals surface area contributed by atoms with Gasteiger partial charge in [0.1, 0.15) is 17.5 Å². The molecule has 6 rings (SSSR count). The summed E-state index contributed by atoms with van der Waals surface area (Å²) in [6.07, 6.45) is 5.82. The lowest BCUT2D eigenvalue weighted by molar-refractivity contribution is -0.134. The number of likely N-dealkylation sites (tertiary alicyclic amines) is 1. The van der Waals surface area contributed by atoms with Gasteiger partial charge in [-0.15, -0.1) is 5.10 Å². The van der Waals surface area contributed by atoms with E-state index >= 15 is 0 Å². The molecular formula is C30H31N5O4. The van der Waals surface area contributed by atoms with Crippen LogP contribution in [0.15, 0.2) is 71.5 Å². The van der Waals surface area contributed by atoms with Gasteiger partial charge >= 0.3 is 0 Å². The molecule has 3 atom stereocenters. The van der Waals surface area contributed by atoms with Crippen molar-refractivity contribution in [3.05, 3.63) is 101 Å². The second kappa shape index (κ2) is 10.4. The van der Waals surface area contributed by atoms with Crippen LogP contribution in [-0.2, 0) is 4.79 Å². The van der Waals surface area contributed by atoms with Gasteiger partial charge in [0, 0.05) is 18.5 Å². The first-order chi connectivity index (χ1) is 19.0. The first kappa shape index (κ1) is 24.9. The predicted molar refractivity (Wildman–Crippen MR) is 143 cm³/mol. The second-order valence-electron chi connectivity index (χ2n) is 10.3. The number of aromatic nitrogens is 3. The smallest absolute Gasteiger partial charge is 0.287 e. The highest BCUT2D eigenvalue weighted by Gasteiger charge is 2.37. The van der Waals surface area contributed by atoms with Gasteiger partial charge in [-0.3, -0.25) is 9.59 Å². The van der Waals surface area contributed by atoms with Gasteiger partial charge in [0.15, 0.2) is 5.76 Å². The Kier molecular flexibility index (Phi) is 6.64. The minimum absolute atomic E-state index is 0.0174. The van der Waals surface area contributed by atoms with Crippen molar-refractivity contribution in [1.82, 2.24) is 25.2 Å². The van der Waals surface area contributed by atoms with Crippen LogP contribution in [0.5, 0.6) is 5.75 Å². The molecule has 1 N–H and O–H groups in total. The van der Waals surface area contributed by atoms with Crippen molar-refractivity contribution in [1.29, 1.82) is 0 Å². The summed E-state index contributed by atoms with van der Waals surface area (Å²) < 4.78 is 13.2. The van der Waals surface area contributed by atoms with E-state index in [9.17, 15) is 9.59 Å². The predicted octanol–water partition coefficient (Wildman–Crippen LogP) is 4.69. The lowest BCUT2D eigenvalue weighted by Gasteiger charge is -2.29. The van der Waals surface area contributed by atoms with Crippen molar-refractivity contribution in [2.75, 3.05) is 13.2 Å². The molecule has 1 saturated heterocycles. The SMILES string of the molecule is Cc1cc(C)c2c(c1)[C@@H](n1cc(C3CCCN3C(=O)C(NC(=O)c3ccco3)c3ccccc3)nn1)CCO2. The van der Waals surface area contributed by atoms with Crippen LogP contribution in [0, 0.1) is 13.8 Å². The highest BCUT2D eigenvalue weighted by Crippen LogP contribution is 2.39. The number of benzene rings is 2. The molecule has 200 valence electrons. The molecule has 2 aliphatic rings. The van der Waals surface area contributed by atoms with Gasteiger partial charge in [0.2, 0.25) is 5.91 Å². The molecule has 4 aromatic rings. The molecule has 2 amide bonds. The quantitative estimate of drug-likeness (QED) is 0.392. The van der Waals surface area contributed by atoms with Gasteiger partial charge in [-0.25, -0.2) is 4.68 Å². The van der Waals surface area contributed by atoms with Gasteiger partial charge < -0.3 is 19.4 Å². The van der Waals surface area contributed by atoms with E-state index in [0.717, 1.165) is 41.8 Å². The zero-order chi connectivity index (χ0) is 26.9. The van der Waals surface area contributed by atoms with Crippen LogP contribution in [0.1, 0.15) is 75.9 Å². The Hall–Kier alpha value is -4.40. The molecule has 2 aliphatic heterocycles. The first-order valence-electron chi connectivity index (χ1n) is 13.3. The van der Waals surface area contributed by atoms with Crippen LogP contribution in [-0.4, -0.2) is 44.9 Å². The molecule has 1 fully saturated rings. The van der Waals surface area contributed by atoms with Gasteiger partial charge in [0.25, 0.3) is 5.91 Å². The Morgan fingerprint density at radius 1 is 1.05 bits per heavy atom. The molecule has 2 aromatic heterocycles. The Morgan fingerprint density at radius 2 is 1.90 bits per heavy atom. The maximum Gasteiger partial charge on any atom is 0.287 e. The number of amides is 2. The normalized spacial score (nSPS) is 19.3. The summed E-state index contributed by atoms with van der Waals surface area (Å²) >= 11 is 0. The van der Waals surface area contributed by atoms with E-state index in [1.54, 1.807) is 12.1 Å². The van der Waals surface area contributed by atoms with E-state index in [1.165, 1.54) is 11.8 Å². The minimum Gasteiger partial charge on any atom is -0.493 e. The number of nitrogens with zero attached hydrogens (tertiary/aromatic N) is 4. The molecule has 9 heteroatoms. The maximum absolute atomic E-state index is 14.0. The fourth-order valence-electron chi connectivity index (χ4n) is 5.78. The van der Waals surface area contributed by atoms with Crippen molar-refractivity contribution in [3.63, 3.8) is 0 Å². The van der Waals surface area contributed by atoms with Gasteiger partial charge in [-0.2, -0.15) is 0 Å². The zero-order valence-electron chi connectivity index (χ0n) is 22.0. The number of hydrogen-bond acceptors (Lipinski definition) is 6. The van der Waals surface area contributed by atoms with E-state index in [2.05, 4.69) is 41.6 Å². The highest BCUT2D eigenvalue weighted by atomic mass is 16.5. The van der Waals surface area contributed by atoms with Crippen LogP contribution in [0.2, 0.25) is 0 Å². The summed E-state index contributed by atoms with van der Waals surface area (Å²) in [5.74, 6) is 0.463. The van der Waals surface area contributed by atoms with Crippen LogP contribution in [0.25, 0.3) is 0 Å². The molecule has 9 nitrogen and oxygen atoms in total. The van der Waals surface area contributed by atoms with Crippen molar-refractivity contribution in [3.8, 4) is 5.75 Å². The third-order valence-corrected chi connectivity index (χ3v) is 7.57. The fourth-order valence-corrected chi connectivity index (χ4v) is 5.78. The largest absolute Gasteiger partial charge is 0.493 e. The number of aryl methyl sites for hydroxylation is 2. The molecule has 0 bridgehead atoms. The number of ether oxygens (including phenoxy) is 1. The van der Waals surface area contributed by atoms with Crippen LogP contribution in [0.4, 0.5) is 0 Å². The van der Waals surface area contributed by atoms with Gasteiger partial charge in [0.05, 0.1) is 31.2 Å². The average Bonchev–Trinajstić information content (AvgIpc) is 3.73. The zero-order valence-corrected chi connectivity index (χ0v) is 22.0. The third-order valence-electron chi connectivity index (χ3n) is 7.57. The van der Waals surface area contributed by atoms with E-state index in [1.807, 2.05) is 46.1 Å². The molecule has 0 spiro atoms. The summed E-state index contributed by atoms with van der Waals surface area (Å²) in [5.41, 5.74) is 4.87. The van der Waals surface area contributed by atoms with Crippen LogP contribution >= 0.6 is 0 Å². The van der Waals surface area contributed by atoms with Crippen LogP contribution in [0.3, 0.4) is 0 Å². The monoisotopic (exact) mass is 525 g/mol. The van der Waals surface area contributed by atoms with E-state index in [0.29, 0.717) is 18.7 Å². The standard InChI is InChI=1S/C30H31N5O4/c1-19-16-20(2)28-22(17-19)24(12-15-39-28)35-18-23(32-33-35)25-10-6-13-34(25)30(37)27(21-8-4-3-5-9-21)31-29(36)26-11-7-14-38-26/h3-5,7-9,11,14,16-18,24-25,27H,6,10,12-13,15H2,1-2H3,(H,31,36)/t24-,25?,27?/m0/s1. The number of carbonyl (C=O) groups excluding carboxylic acids is 2.